The minimum Gasteiger partial charge on any atom is -0.239 e. The average Bonchev–Trinajstić information content (AvgIpc) is 1.62. The fourth-order valence-corrected chi connectivity index (χ4v) is 0.475. The second kappa shape index (κ2) is 3.57. The lowest BCUT2D eigenvalue weighted by Crippen LogP contribution is -2.51. The third kappa shape index (κ3) is 2.04. The van der Waals surface area contributed by atoms with Crippen molar-refractivity contribution in [3.8, 4) is 0 Å². The summed E-state index contributed by atoms with van der Waals surface area (Å²) in [5, 5.41) is 0. The van der Waals surface area contributed by atoms with Gasteiger partial charge in [-0.2, -0.15) is 11.1 Å². The number of hydrogen-bond donors (Lipinski definition) is 4. The number of hydrogen-bond acceptors (Lipinski definition) is 4. The first-order valence-electron chi connectivity index (χ1n) is 2.61. The van der Waals surface area contributed by atoms with E-state index in [9.17, 15) is 0 Å². The van der Waals surface area contributed by atoms with Crippen molar-refractivity contribution in [1.29, 1.82) is 0 Å². The highest BCUT2D eigenvalue weighted by atomic mass is 15.7. The molecule has 8 heavy (non-hydrogen) atoms. The summed E-state index contributed by atoms with van der Waals surface area (Å²) in [6.07, 6.45) is 4.08. The molecule has 0 spiro atoms. The Kier molecular flexibility index (Phi) is 2.55. The highest BCUT2D eigenvalue weighted by Crippen LogP contribution is 1.66. The molecule has 4 nitrogen and oxygen atoms in total. The monoisotopic (exact) mass is 114 g/mol. The van der Waals surface area contributed by atoms with Gasteiger partial charge in [0, 0.05) is 13.1 Å². The van der Waals surface area contributed by atoms with Crippen molar-refractivity contribution in [1.82, 2.24) is 21.9 Å². The van der Waals surface area contributed by atoms with Crippen LogP contribution in [0.1, 0.15) is 0 Å². The second-order valence-corrected chi connectivity index (χ2v) is 1.48. The Balaban J connectivity index is 2.17. The third-order valence-corrected chi connectivity index (χ3v) is 0.846. The SMILES string of the molecule is C1=C\CNNNNC/1. The summed E-state index contributed by atoms with van der Waals surface area (Å²) >= 11 is 0. The van der Waals surface area contributed by atoms with Gasteiger partial charge in [0.1, 0.15) is 0 Å². The summed E-state index contributed by atoms with van der Waals surface area (Å²) in [7, 11) is 0. The molecule has 4 N–H and O–H groups in total. The first kappa shape index (κ1) is 5.71. The van der Waals surface area contributed by atoms with Crippen molar-refractivity contribution < 1.29 is 0 Å². The van der Waals surface area contributed by atoms with E-state index < -0.39 is 0 Å². The highest BCUT2D eigenvalue weighted by molar-refractivity contribution is 4.85. The predicted molar refractivity (Wildman–Crippen MR) is 31.4 cm³/mol. The minimum atomic E-state index is 0.856. The highest BCUT2D eigenvalue weighted by Gasteiger charge is 1.82. The van der Waals surface area contributed by atoms with Crippen molar-refractivity contribution in [2.24, 2.45) is 0 Å². The molecule has 0 atom stereocenters. The lowest BCUT2D eigenvalue weighted by Gasteiger charge is -2.08. The smallest absolute Gasteiger partial charge is 0.0295 e. The van der Waals surface area contributed by atoms with Crippen LogP contribution in [0.4, 0.5) is 0 Å². The van der Waals surface area contributed by atoms with Crippen LogP contribution in [0.2, 0.25) is 0 Å². The van der Waals surface area contributed by atoms with Crippen molar-refractivity contribution >= 4 is 0 Å². The zero-order valence-electron chi connectivity index (χ0n) is 4.57. The van der Waals surface area contributed by atoms with Gasteiger partial charge in [-0.15, -0.1) is 0 Å². The lowest BCUT2D eigenvalue weighted by atomic mass is 10.5. The summed E-state index contributed by atoms with van der Waals surface area (Å²) in [6.45, 7) is 1.71. The average molecular weight is 114 g/mol. The molecule has 1 aliphatic heterocycles. The van der Waals surface area contributed by atoms with Crippen molar-refractivity contribution in [3.63, 3.8) is 0 Å². The minimum absolute atomic E-state index is 0.856. The number of nitrogens with one attached hydrogen (secondary N) is 4. The van der Waals surface area contributed by atoms with Crippen LogP contribution < -0.4 is 21.9 Å². The maximum Gasteiger partial charge on any atom is 0.0295 e. The summed E-state index contributed by atoms with van der Waals surface area (Å²) in [5.74, 6) is 0. The van der Waals surface area contributed by atoms with E-state index in [0.717, 1.165) is 13.1 Å². The largest absolute Gasteiger partial charge is 0.239 e. The van der Waals surface area contributed by atoms with E-state index in [1.165, 1.54) is 0 Å². The summed E-state index contributed by atoms with van der Waals surface area (Å²) in [5.41, 5.74) is 11.2. The molecule has 0 saturated heterocycles. The van der Waals surface area contributed by atoms with Crippen LogP contribution in [0.25, 0.3) is 0 Å². The van der Waals surface area contributed by atoms with Crippen LogP contribution in [0, 0.1) is 0 Å². The molecule has 0 aromatic heterocycles. The van der Waals surface area contributed by atoms with Gasteiger partial charge in [-0.05, 0) is 0 Å². The van der Waals surface area contributed by atoms with Gasteiger partial charge in [0.05, 0.1) is 0 Å². The second-order valence-electron chi connectivity index (χ2n) is 1.48. The van der Waals surface area contributed by atoms with E-state index >= 15 is 0 Å². The molecule has 0 aromatic rings. The number of hydrazine groups is 3. The van der Waals surface area contributed by atoms with E-state index in [2.05, 4.69) is 21.9 Å². The molecule has 46 valence electrons. The van der Waals surface area contributed by atoms with Gasteiger partial charge in [-0.3, -0.25) is 0 Å². The molecule has 0 saturated carbocycles. The Morgan fingerprint density at radius 2 is 1.38 bits per heavy atom. The van der Waals surface area contributed by atoms with E-state index in [4.69, 9.17) is 0 Å². The molecule has 0 unspecified atom stereocenters. The molecule has 1 aliphatic rings. The van der Waals surface area contributed by atoms with Crippen molar-refractivity contribution in [2.45, 2.75) is 0 Å². The van der Waals surface area contributed by atoms with E-state index in [1.807, 2.05) is 12.2 Å². The molecule has 1 rings (SSSR count). The van der Waals surface area contributed by atoms with Gasteiger partial charge < -0.3 is 0 Å². The third-order valence-electron chi connectivity index (χ3n) is 0.846. The lowest BCUT2D eigenvalue weighted by molar-refractivity contribution is 0.388. The van der Waals surface area contributed by atoms with E-state index in [-0.39, 0.29) is 0 Å². The topological polar surface area (TPSA) is 48.1 Å². The van der Waals surface area contributed by atoms with Gasteiger partial charge in [-0.25, -0.2) is 10.9 Å². The molecular weight excluding hydrogens is 104 g/mol. The normalized spacial score (nSPS) is 26.0. The van der Waals surface area contributed by atoms with Crippen molar-refractivity contribution in [3.05, 3.63) is 12.2 Å². The first-order chi connectivity index (χ1) is 4.00. The fourth-order valence-electron chi connectivity index (χ4n) is 0.475. The quantitative estimate of drug-likeness (QED) is 0.294. The molecule has 0 bridgehead atoms. The van der Waals surface area contributed by atoms with Gasteiger partial charge >= 0.3 is 0 Å². The summed E-state index contributed by atoms with van der Waals surface area (Å²) in [6, 6.07) is 0. The Hall–Kier alpha value is -0.420. The van der Waals surface area contributed by atoms with Crippen LogP contribution in [0.5, 0.6) is 0 Å². The van der Waals surface area contributed by atoms with Crippen LogP contribution in [0.3, 0.4) is 0 Å². The van der Waals surface area contributed by atoms with E-state index in [1.54, 1.807) is 0 Å². The fraction of sp³-hybridized carbons (Fsp3) is 0.500. The number of rotatable bonds is 0. The Morgan fingerprint density at radius 1 is 0.875 bits per heavy atom. The van der Waals surface area contributed by atoms with Gasteiger partial charge in [0.2, 0.25) is 0 Å². The van der Waals surface area contributed by atoms with Crippen LogP contribution in [-0.4, -0.2) is 13.1 Å². The summed E-state index contributed by atoms with van der Waals surface area (Å²) < 4.78 is 0. The maximum atomic E-state index is 2.88. The molecule has 1 heterocycles. The van der Waals surface area contributed by atoms with Crippen LogP contribution in [0.15, 0.2) is 12.2 Å². The summed E-state index contributed by atoms with van der Waals surface area (Å²) in [4.78, 5) is 0. The Morgan fingerprint density at radius 3 is 1.88 bits per heavy atom. The standard InChI is InChI=1S/C4H10N4/c1-2-4-6-8-7-5-3-1/h1-2,5-8H,3-4H2/b2-1-. The molecule has 0 radical (unpaired) electrons. The van der Waals surface area contributed by atoms with Crippen molar-refractivity contribution in [2.75, 3.05) is 13.1 Å². The zero-order chi connectivity index (χ0) is 5.66. The molecule has 0 amide bonds. The molecule has 4 heteroatoms. The Labute approximate surface area is 48.2 Å². The Bertz CT molecular complexity index is 70.1. The van der Waals surface area contributed by atoms with E-state index in [0.29, 0.717) is 0 Å². The molecule has 0 fully saturated rings. The molecule has 0 aromatic carbocycles. The predicted octanol–water partition coefficient (Wildman–Crippen LogP) is -1.34. The maximum absolute atomic E-state index is 2.88. The zero-order valence-corrected chi connectivity index (χ0v) is 4.57. The first-order valence-corrected chi connectivity index (χ1v) is 2.61. The molecule has 0 aliphatic carbocycles. The molecular formula is C4H10N4. The van der Waals surface area contributed by atoms with Crippen LogP contribution >= 0.6 is 0 Å². The van der Waals surface area contributed by atoms with Gasteiger partial charge in [-0.1, -0.05) is 12.2 Å². The van der Waals surface area contributed by atoms with Crippen LogP contribution in [-0.2, 0) is 0 Å². The van der Waals surface area contributed by atoms with Gasteiger partial charge in [0.25, 0.3) is 0 Å². The van der Waals surface area contributed by atoms with Gasteiger partial charge in [0.15, 0.2) is 0 Å².